The Balaban J connectivity index is 2.18. The highest BCUT2D eigenvalue weighted by atomic mass is 32.2. The smallest absolute Gasteiger partial charge is 0.0507 e. The predicted molar refractivity (Wildman–Crippen MR) is 43.4 cm³/mol. The molecule has 2 unspecified atom stereocenters. The van der Waals surface area contributed by atoms with Gasteiger partial charge in [-0.05, 0) is 24.5 Å². The Kier molecular flexibility index (Phi) is 2.86. The van der Waals surface area contributed by atoms with Crippen molar-refractivity contribution >= 4 is 11.8 Å². The largest absolute Gasteiger partial charge is 0.319 e. The van der Waals surface area contributed by atoms with Crippen molar-refractivity contribution in [2.45, 2.75) is 31.6 Å². The van der Waals surface area contributed by atoms with Crippen molar-refractivity contribution in [1.29, 1.82) is 0 Å². The van der Waals surface area contributed by atoms with E-state index in [4.69, 9.17) is 5.73 Å². The summed E-state index contributed by atoms with van der Waals surface area (Å²) in [6.07, 6.45) is 3.91. The monoisotopic (exact) mass is 145 g/mol. The van der Waals surface area contributed by atoms with Crippen LogP contribution in [0, 0.1) is 5.92 Å². The second-order valence-electron chi connectivity index (χ2n) is 2.72. The van der Waals surface area contributed by atoms with Gasteiger partial charge in [-0.3, -0.25) is 0 Å². The van der Waals surface area contributed by atoms with E-state index in [1.807, 2.05) is 11.8 Å². The predicted octanol–water partition coefficient (Wildman–Crippen LogP) is 1.82. The highest BCUT2D eigenvalue weighted by Crippen LogP contribution is 2.27. The zero-order valence-electron chi connectivity index (χ0n) is 5.97. The summed E-state index contributed by atoms with van der Waals surface area (Å²) < 4.78 is 0. The molecule has 1 nitrogen and oxygen atoms in total. The van der Waals surface area contributed by atoms with Crippen LogP contribution in [0.5, 0.6) is 0 Å². The van der Waals surface area contributed by atoms with Gasteiger partial charge in [-0.2, -0.15) is 0 Å². The third-order valence-corrected chi connectivity index (χ3v) is 3.31. The highest BCUT2D eigenvalue weighted by Gasteiger charge is 2.16. The molecular formula is C7H15NS. The number of rotatable bonds is 1. The molecule has 0 aliphatic carbocycles. The van der Waals surface area contributed by atoms with Crippen LogP contribution < -0.4 is 5.73 Å². The molecule has 1 heterocycles. The normalized spacial score (nSPS) is 36.7. The quantitative estimate of drug-likeness (QED) is 0.609. The molecule has 1 aliphatic rings. The van der Waals surface area contributed by atoms with Crippen LogP contribution in [-0.4, -0.2) is 11.1 Å². The summed E-state index contributed by atoms with van der Waals surface area (Å²) in [6.45, 7) is 2.27. The third kappa shape index (κ3) is 2.18. The van der Waals surface area contributed by atoms with Crippen molar-refractivity contribution in [3.05, 3.63) is 0 Å². The molecule has 9 heavy (non-hydrogen) atoms. The molecule has 0 aromatic heterocycles. The first-order valence-corrected chi connectivity index (χ1v) is 4.75. The summed E-state index contributed by atoms with van der Waals surface area (Å²) in [4.78, 5) is 0. The summed E-state index contributed by atoms with van der Waals surface area (Å²) in [5.41, 5.74) is 5.71. The van der Waals surface area contributed by atoms with Gasteiger partial charge in [0.15, 0.2) is 0 Å². The second-order valence-corrected chi connectivity index (χ2v) is 4.00. The fourth-order valence-electron chi connectivity index (χ4n) is 1.15. The van der Waals surface area contributed by atoms with Gasteiger partial charge in [0, 0.05) is 0 Å². The minimum atomic E-state index is 0.438. The third-order valence-electron chi connectivity index (χ3n) is 1.98. The van der Waals surface area contributed by atoms with Crippen LogP contribution in [-0.2, 0) is 0 Å². The fraction of sp³-hybridized carbons (Fsp3) is 1.00. The van der Waals surface area contributed by atoms with E-state index in [0.29, 0.717) is 5.37 Å². The van der Waals surface area contributed by atoms with Gasteiger partial charge >= 0.3 is 0 Å². The van der Waals surface area contributed by atoms with Crippen LogP contribution in [0.25, 0.3) is 0 Å². The van der Waals surface area contributed by atoms with Gasteiger partial charge in [-0.15, -0.1) is 11.8 Å². The number of hydrogen-bond acceptors (Lipinski definition) is 2. The lowest BCUT2D eigenvalue weighted by atomic mass is 10.0. The Morgan fingerprint density at radius 2 is 2.33 bits per heavy atom. The Hall–Kier alpha value is 0.310. The van der Waals surface area contributed by atoms with E-state index in [9.17, 15) is 0 Å². The first-order valence-electron chi connectivity index (χ1n) is 3.70. The van der Waals surface area contributed by atoms with Gasteiger partial charge in [0.1, 0.15) is 0 Å². The molecule has 0 saturated carbocycles. The van der Waals surface area contributed by atoms with E-state index >= 15 is 0 Å². The number of hydrogen-bond donors (Lipinski definition) is 1. The fourth-order valence-corrected chi connectivity index (χ4v) is 2.37. The van der Waals surface area contributed by atoms with Crippen LogP contribution in [0.3, 0.4) is 0 Å². The molecule has 0 bridgehead atoms. The van der Waals surface area contributed by atoms with E-state index in [0.717, 1.165) is 5.92 Å². The molecule has 1 rings (SSSR count). The lowest BCUT2D eigenvalue weighted by Crippen LogP contribution is -2.24. The molecule has 1 aliphatic heterocycles. The summed E-state index contributed by atoms with van der Waals surface area (Å²) in [5.74, 6) is 2.24. The first kappa shape index (κ1) is 7.42. The highest BCUT2D eigenvalue weighted by molar-refractivity contribution is 7.99. The lowest BCUT2D eigenvalue weighted by molar-refractivity contribution is 0.483. The van der Waals surface area contributed by atoms with Crippen molar-refractivity contribution in [2.75, 3.05) is 5.75 Å². The maximum atomic E-state index is 5.71. The van der Waals surface area contributed by atoms with Gasteiger partial charge in [0.25, 0.3) is 0 Å². The maximum Gasteiger partial charge on any atom is 0.0507 e. The van der Waals surface area contributed by atoms with Crippen LogP contribution >= 0.6 is 11.8 Å². The molecule has 0 radical (unpaired) electrons. The minimum Gasteiger partial charge on any atom is -0.319 e. The van der Waals surface area contributed by atoms with E-state index in [1.165, 1.54) is 25.0 Å². The molecular weight excluding hydrogens is 130 g/mol. The van der Waals surface area contributed by atoms with Gasteiger partial charge in [0.05, 0.1) is 5.37 Å². The molecule has 1 fully saturated rings. The average Bonchev–Trinajstić information content (AvgIpc) is 1.90. The van der Waals surface area contributed by atoms with Crippen LogP contribution in [0.1, 0.15) is 26.2 Å². The standard InChI is InChI=1S/C7H15NS/c1-2-6-3-4-7(8)9-5-6/h6-7H,2-5,8H2,1H3. The Labute approximate surface area is 61.4 Å². The molecule has 1 saturated heterocycles. The molecule has 2 heteroatoms. The average molecular weight is 145 g/mol. The van der Waals surface area contributed by atoms with Gasteiger partial charge in [-0.1, -0.05) is 13.3 Å². The molecule has 0 aromatic carbocycles. The summed E-state index contributed by atoms with van der Waals surface area (Å²) in [6, 6.07) is 0. The zero-order valence-corrected chi connectivity index (χ0v) is 6.79. The first-order chi connectivity index (χ1) is 4.33. The summed E-state index contributed by atoms with van der Waals surface area (Å²) >= 11 is 1.93. The van der Waals surface area contributed by atoms with Gasteiger partial charge in [0.2, 0.25) is 0 Å². The molecule has 0 amide bonds. The van der Waals surface area contributed by atoms with Crippen molar-refractivity contribution in [1.82, 2.24) is 0 Å². The van der Waals surface area contributed by atoms with Crippen molar-refractivity contribution in [2.24, 2.45) is 11.7 Å². The zero-order chi connectivity index (χ0) is 6.69. The van der Waals surface area contributed by atoms with Crippen LogP contribution in [0.15, 0.2) is 0 Å². The van der Waals surface area contributed by atoms with Crippen LogP contribution in [0.4, 0.5) is 0 Å². The number of nitrogens with two attached hydrogens (primary N) is 1. The van der Waals surface area contributed by atoms with E-state index < -0.39 is 0 Å². The van der Waals surface area contributed by atoms with E-state index in [-0.39, 0.29) is 0 Å². The summed E-state index contributed by atoms with van der Waals surface area (Å²) in [5, 5.41) is 0.438. The Morgan fingerprint density at radius 3 is 2.78 bits per heavy atom. The topological polar surface area (TPSA) is 26.0 Å². The Morgan fingerprint density at radius 1 is 1.56 bits per heavy atom. The molecule has 2 N–H and O–H groups in total. The second kappa shape index (κ2) is 3.47. The number of thioether (sulfide) groups is 1. The molecule has 0 aromatic rings. The van der Waals surface area contributed by atoms with Crippen molar-refractivity contribution < 1.29 is 0 Å². The van der Waals surface area contributed by atoms with Crippen LogP contribution in [0.2, 0.25) is 0 Å². The van der Waals surface area contributed by atoms with Gasteiger partial charge < -0.3 is 5.73 Å². The van der Waals surface area contributed by atoms with Gasteiger partial charge in [-0.25, -0.2) is 0 Å². The molecule has 54 valence electrons. The molecule has 0 spiro atoms. The molecule has 2 atom stereocenters. The minimum absolute atomic E-state index is 0.438. The van der Waals surface area contributed by atoms with Crippen molar-refractivity contribution in [3.8, 4) is 0 Å². The Bertz CT molecular complexity index is 77.0. The van der Waals surface area contributed by atoms with E-state index in [1.54, 1.807) is 0 Å². The maximum absolute atomic E-state index is 5.71. The lowest BCUT2D eigenvalue weighted by Gasteiger charge is -2.24. The van der Waals surface area contributed by atoms with Crippen molar-refractivity contribution in [3.63, 3.8) is 0 Å². The summed E-state index contributed by atoms with van der Waals surface area (Å²) in [7, 11) is 0. The van der Waals surface area contributed by atoms with E-state index in [2.05, 4.69) is 6.92 Å². The SMILES string of the molecule is CCC1CCC(N)SC1.